The standard InChI is InChI=1S/C9H5I2NO/c10-6-4-7(13)9-5(8(6)11)2-1-3-12-9/h1-4,13H. The molecule has 0 aliphatic heterocycles. The molecule has 1 N–H and O–H groups in total. The molecule has 0 aliphatic rings. The van der Waals surface area contributed by atoms with Gasteiger partial charge in [0.1, 0.15) is 11.3 Å². The highest BCUT2D eigenvalue weighted by atomic mass is 127. The fourth-order valence-electron chi connectivity index (χ4n) is 1.17. The van der Waals surface area contributed by atoms with E-state index in [-0.39, 0.29) is 5.75 Å². The van der Waals surface area contributed by atoms with Crippen molar-refractivity contribution in [3.63, 3.8) is 0 Å². The van der Waals surface area contributed by atoms with Gasteiger partial charge in [-0.1, -0.05) is 6.07 Å². The smallest absolute Gasteiger partial charge is 0.142 e. The van der Waals surface area contributed by atoms with Crippen LogP contribution >= 0.6 is 45.2 Å². The Morgan fingerprint density at radius 1 is 1.31 bits per heavy atom. The lowest BCUT2D eigenvalue weighted by Gasteiger charge is -2.03. The van der Waals surface area contributed by atoms with Crippen molar-refractivity contribution >= 4 is 56.1 Å². The number of aromatic nitrogens is 1. The Morgan fingerprint density at radius 3 is 2.85 bits per heavy atom. The number of benzene rings is 1. The van der Waals surface area contributed by atoms with Crippen LogP contribution in [0.4, 0.5) is 0 Å². The Morgan fingerprint density at radius 2 is 2.08 bits per heavy atom. The Labute approximate surface area is 103 Å². The molecule has 0 aliphatic carbocycles. The van der Waals surface area contributed by atoms with Crippen LogP contribution in [-0.4, -0.2) is 10.1 Å². The van der Waals surface area contributed by atoms with E-state index in [0.29, 0.717) is 5.52 Å². The van der Waals surface area contributed by atoms with Gasteiger partial charge in [-0.15, -0.1) is 0 Å². The van der Waals surface area contributed by atoms with Crippen molar-refractivity contribution in [3.05, 3.63) is 31.5 Å². The molecule has 1 heterocycles. The van der Waals surface area contributed by atoms with Gasteiger partial charge in [-0.3, -0.25) is 4.98 Å². The number of pyridine rings is 1. The minimum atomic E-state index is 0.250. The van der Waals surface area contributed by atoms with Crippen molar-refractivity contribution < 1.29 is 5.11 Å². The highest BCUT2D eigenvalue weighted by Crippen LogP contribution is 2.30. The summed E-state index contributed by atoms with van der Waals surface area (Å²) in [5.74, 6) is 0.250. The Bertz CT molecular complexity index is 470. The molecule has 0 fully saturated rings. The summed E-state index contributed by atoms with van der Waals surface area (Å²) < 4.78 is 2.19. The number of rotatable bonds is 0. The lowest BCUT2D eigenvalue weighted by atomic mass is 10.2. The van der Waals surface area contributed by atoms with Crippen LogP contribution in [0.1, 0.15) is 0 Å². The van der Waals surface area contributed by atoms with E-state index >= 15 is 0 Å². The predicted molar refractivity (Wildman–Crippen MR) is 68.8 cm³/mol. The van der Waals surface area contributed by atoms with Crippen LogP contribution in [0.15, 0.2) is 24.4 Å². The quantitative estimate of drug-likeness (QED) is 0.694. The molecule has 66 valence electrons. The van der Waals surface area contributed by atoms with E-state index in [1.807, 2.05) is 12.1 Å². The van der Waals surface area contributed by atoms with Crippen molar-refractivity contribution in [3.8, 4) is 5.75 Å². The molecule has 2 aromatic rings. The number of hydrogen-bond acceptors (Lipinski definition) is 2. The molecule has 0 radical (unpaired) electrons. The molecule has 1 aromatic carbocycles. The fraction of sp³-hybridized carbons (Fsp3) is 0. The van der Waals surface area contributed by atoms with Crippen molar-refractivity contribution in [2.24, 2.45) is 0 Å². The molecule has 0 bridgehead atoms. The van der Waals surface area contributed by atoms with E-state index < -0.39 is 0 Å². The number of phenols is 1. The molecule has 0 saturated carbocycles. The van der Waals surface area contributed by atoms with E-state index in [1.165, 1.54) is 0 Å². The lowest BCUT2D eigenvalue weighted by Crippen LogP contribution is -1.86. The summed E-state index contributed by atoms with van der Waals surface area (Å²) in [6.07, 6.45) is 1.69. The topological polar surface area (TPSA) is 33.1 Å². The van der Waals surface area contributed by atoms with Crippen LogP contribution in [0.2, 0.25) is 0 Å². The summed E-state index contributed by atoms with van der Waals surface area (Å²) in [5, 5.41) is 10.6. The van der Waals surface area contributed by atoms with E-state index in [9.17, 15) is 5.11 Å². The zero-order valence-corrected chi connectivity index (χ0v) is 10.8. The van der Waals surface area contributed by atoms with E-state index in [4.69, 9.17) is 0 Å². The van der Waals surface area contributed by atoms with Crippen molar-refractivity contribution in [1.29, 1.82) is 0 Å². The second-order valence-electron chi connectivity index (χ2n) is 2.59. The second kappa shape index (κ2) is 3.56. The number of nitrogens with zero attached hydrogens (tertiary/aromatic N) is 1. The van der Waals surface area contributed by atoms with E-state index in [0.717, 1.165) is 12.5 Å². The summed E-state index contributed by atoms with van der Waals surface area (Å²) in [4.78, 5) is 4.12. The molecule has 1 aromatic heterocycles. The van der Waals surface area contributed by atoms with Crippen molar-refractivity contribution in [2.45, 2.75) is 0 Å². The molecule has 13 heavy (non-hydrogen) atoms. The summed E-state index contributed by atoms with van der Waals surface area (Å²) >= 11 is 4.46. The van der Waals surface area contributed by atoms with Crippen molar-refractivity contribution in [2.75, 3.05) is 0 Å². The summed E-state index contributed by atoms with van der Waals surface area (Å²) in [7, 11) is 0. The van der Waals surface area contributed by atoms with Crippen LogP contribution in [0, 0.1) is 7.14 Å². The molecular weight excluding hydrogens is 392 g/mol. The first-order chi connectivity index (χ1) is 6.20. The summed E-state index contributed by atoms with van der Waals surface area (Å²) in [5.41, 5.74) is 0.673. The maximum atomic E-state index is 9.61. The van der Waals surface area contributed by atoms with E-state index in [2.05, 4.69) is 50.2 Å². The Hall–Kier alpha value is -0.110. The maximum absolute atomic E-state index is 9.61. The van der Waals surface area contributed by atoms with Gasteiger partial charge >= 0.3 is 0 Å². The van der Waals surface area contributed by atoms with Gasteiger partial charge in [0.25, 0.3) is 0 Å². The van der Waals surface area contributed by atoms with Crippen LogP contribution in [0.3, 0.4) is 0 Å². The zero-order valence-electron chi connectivity index (χ0n) is 6.46. The van der Waals surface area contributed by atoms with Crippen LogP contribution in [-0.2, 0) is 0 Å². The second-order valence-corrected chi connectivity index (χ2v) is 4.83. The van der Waals surface area contributed by atoms with Gasteiger partial charge in [-0.25, -0.2) is 0 Å². The molecule has 0 saturated heterocycles. The van der Waals surface area contributed by atoms with Crippen molar-refractivity contribution in [1.82, 2.24) is 4.98 Å². The summed E-state index contributed by atoms with van der Waals surface area (Å²) in [6, 6.07) is 5.57. The summed E-state index contributed by atoms with van der Waals surface area (Å²) in [6.45, 7) is 0. The minimum absolute atomic E-state index is 0.250. The first kappa shape index (κ1) is 9.45. The van der Waals surface area contributed by atoms with Gasteiger partial charge < -0.3 is 5.11 Å². The Balaban J connectivity index is 2.97. The minimum Gasteiger partial charge on any atom is -0.506 e. The van der Waals surface area contributed by atoms with Crippen LogP contribution in [0.5, 0.6) is 5.75 Å². The molecule has 4 heteroatoms. The molecule has 2 rings (SSSR count). The fourth-order valence-corrected chi connectivity index (χ4v) is 2.34. The van der Waals surface area contributed by atoms with Gasteiger partial charge in [0.2, 0.25) is 0 Å². The lowest BCUT2D eigenvalue weighted by molar-refractivity contribution is 0.480. The number of fused-ring (bicyclic) bond motifs is 1. The van der Waals surface area contributed by atoms with Gasteiger partial charge in [-0.05, 0) is 57.3 Å². The third kappa shape index (κ3) is 1.61. The normalized spacial score (nSPS) is 10.6. The number of hydrogen-bond donors (Lipinski definition) is 1. The first-order valence-corrected chi connectivity index (χ1v) is 5.77. The highest BCUT2D eigenvalue weighted by molar-refractivity contribution is 14.1. The van der Waals surface area contributed by atoms with Gasteiger partial charge in [0.05, 0.1) is 0 Å². The molecule has 0 amide bonds. The highest BCUT2D eigenvalue weighted by Gasteiger charge is 2.07. The predicted octanol–water partition coefficient (Wildman–Crippen LogP) is 3.15. The zero-order chi connectivity index (χ0) is 9.42. The molecule has 2 nitrogen and oxygen atoms in total. The average molecular weight is 397 g/mol. The number of aromatic hydroxyl groups is 1. The largest absolute Gasteiger partial charge is 0.506 e. The molecule has 0 unspecified atom stereocenters. The third-order valence-corrected chi connectivity index (χ3v) is 4.80. The van der Waals surface area contributed by atoms with E-state index in [1.54, 1.807) is 12.3 Å². The third-order valence-electron chi connectivity index (χ3n) is 1.76. The monoisotopic (exact) mass is 397 g/mol. The molecule has 0 spiro atoms. The number of halogens is 2. The maximum Gasteiger partial charge on any atom is 0.142 e. The van der Waals surface area contributed by atoms with Gasteiger partial charge in [0, 0.05) is 18.7 Å². The first-order valence-electron chi connectivity index (χ1n) is 3.62. The van der Waals surface area contributed by atoms with Gasteiger partial charge in [-0.2, -0.15) is 0 Å². The van der Waals surface area contributed by atoms with Gasteiger partial charge in [0.15, 0.2) is 0 Å². The number of phenolic OH excluding ortho intramolecular Hbond substituents is 1. The SMILES string of the molecule is Oc1cc(I)c(I)c2cccnc12. The van der Waals surface area contributed by atoms with Crippen LogP contribution < -0.4 is 0 Å². The molecular formula is C9H5I2NO. The average Bonchev–Trinajstić information content (AvgIpc) is 2.15. The van der Waals surface area contributed by atoms with Crippen LogP contribution in [0.25, 0.3) is 10.9 Å². The Kier molecular flexibility index (Phi) is 2.59. The molecule has 0 atom stereocenters.